The minimum absolute atomic E-state index is 0.0374. The average Bonchev–Trinajstić information content (AvgIpc) is 2.33. The lowest BCUT2D eigenvalue weighted by Gasteiger charge is -2.45. The lowest BCUT2D eigenvalue weighted by molar-refractivity contribution is -0.140. The summed E-state index contributed by atoms with van der Waals surface area (Å²) in [5.74, 6) is -1.05. The van der Waals surface area contributed by atoms with Gasteiger partial charge in [0.05, 0.1) is 19.3 Å². The first kappa shape index (κ1) is 16.2. The van der Waals surface area contributed by atoms with Crippen molar-refractivity contribution in [1.82, 2.24) is 15.8 Å². The van der Waals surface area contributed by atoms with Crippen molar-refractivity contribution in [3.63, 3.8) is 0 Å². The van der Waals surface area contributed by atoms with Gasteiger partial charge >= 0.3 is 6.09 Å². The molecule has 1 aliphatic heterocycles. The molecule has 20 heavy (non-hydrogen) atoms. The van der Waals surface area contributed by atoms with Crippen molar-refractivity contribution in [3.05, 3.63) is 0 Å². The zero-order valence-corrected chi connectivity index (χ0v) is 12.1. The highest BCUT2D eigenvalue weighted by molar-refractivity contribution is 5.87. The number of carbonyl (C=O) groups excluding carboxylic acids is 2. The van der Waals surface area contributed by atoms with Crippen LogP contribution in [0.15, 0.2) is 0 Å². The summed E-state index contributed by atoms with van der Waals surface area (Å²) in [6, 6.07) is -1.43. The van der Waals surface area contributed by atoms with Crippen LogP contribution in [0.4, 0.5) is 4.79 Å². The first-order valence-electron chi connectivity index (χ1n) is 6.30. The van der Waals surface area contributed by atoms with Crippen LogP contribution < -0.4 is 10.9 Å². The molecule has 0 aromatic rings. The van der Waals surface area contributed by atoms with Gasteiger partial charge in [-0.25, -0.2) is 4.79 Å². The molecule has 0 saturated carbocycles. The monoisotopic (exact) mass is 287 g/mol. The van der Waals surface area contributed by atoms with E-state index in [0.29, 0.717) is 0 Å². The van der Waals surface area contributed by atoms with E-state index in [1.807, 2.05) is 20.8 Å². The second-order valence-electron chi connectivity index (χ2n) is 5.80. The Balaban J connectivity index is 2.90. The average molecular weight is 287 g/mol. The number of nitrogens with zero attached hydrogens (tertiary/aromatic N) is 1. The SMILES string of the molecule is CC(=O)NNC(=O)C1COCC(C(C)(C)C)N1C(=O)O. The van der Waals surface area contributed by atoms with Crippen molar-refractivity contribution in [2.45, 2.75) is 39.8 Å². The van der Waals surface area contributed by atoms with E-state index in [0.717, 1.165) is 4.90 Å². The standard InChI is InChI=1S/C12H21N3O5/c1-7(16)13-14-10(17)8-5-20-6-9(12(2,3)4)15(8)11(18)19/h8-9H,5-6H2,1-4H3,(H,13,16)(H,14,17)(H,18,19). The molecule has 114 valence electrons. The fraction of sp³-hybridized carbons (Fsp3) is 0.750. The second kappa shape index (κ2) is 6.08. The topological polar surface area (TPSA) is 108 Å². The van der Waals surface area contributed by atoms with Crippen molar-refractivity contribution < 1.29 is 24.2 Å². The van der Waals surface area contributed by atoms with Crippen LogP contribution in [0.2, 0.25) is 0 Å². The fourth-order valence-corrected chi connectivity index (χ4v) is 2.04. The molecular formula is C12H21N3O5. The van der Waals surface area contributed by atoms with Crippen molar-refractivity contribution >= 4 is 17.9 Å². The van der Waals surface area contributed by atoms with Gasteiger partial charge in [0.15, 0.2) is 0 Å². The third-order valence-electron chi connectivity index (χ3n) is 3.11. The van der Waals surface area contributed by atoms with Crippen LogP contribution >= 0.6 is 0 Å². The van der Waals surface area contributed by atoms with Gasteiger partial charge in [-0.15, -0.1) is 0 Å². The Morgan fingerprint density at radius 3 is 2.25 bits per heavy atom. The Bertz CT molecular complexity index is 404. The summed E-state index contributed by atoms with van der Waals surface area (Å²) >= 11 is 0. The maximum atomic E-state index is 12.0. The molecule has 3 amide bonds. The van der Waals surface area contributed by atoms with Crippen LogP contribution in [0.1, 0.15) is 27.7 Å². The maximum Gasteiger partial charge on any atom is 0.408 e. The van der Waals surface area contributed by atoms with Crippen LogP contribution in [0, 0.1) is 5.41 Å². The first-order valence-corrected chi connectivity index (χ1v) is 6.30. The molecule has 3 N–H and O–H groups in total. The number of hydrogen-bond donors (Lipinski definition) is 3. The van der Waals surface area contributed by atoms with Gasteiger partial charge < -0.3 is 9.84 Å². The van der Waals surface area contributed by atoms with E-state index in [-0.39, 0.29) is 18.6 Å². The Hall–Kier alpha value is -1.83. The predicted molar refractivity (Wildman–Crippen MR) is 69.7 cm³/mol. The Morgan fingerprint density at radius 2 is 1.80 bits per heavy atom. The van der Waals surface area contributed by atoms with Gasteiger partial charge in [0.25, 0.3) is 5.91 Å². The van der Waals surface area contributed by atoms with E-state index in [9.17, 15) is 19.5 Å². The predicted octanol–water partition coefficient (Wildman–Crippen LogP) is -0.0528. The van der Waals surface area contributed by atoms with Crippen LogP contribution in [-0.2, 0) is 14.3 Å². The summed E-state index contributed by atoms with van der Waals surface area (Å²) in [5.41, 5.74) is 3.96. The molecule has 1 rings (SSSR count). The second-order valence-corrected chi connectivity index (χ2v) is 5.80. The molecule has 0 bridgehead atoms. The maximum absolute atomic E-state index is 12.0. The van der Waals surface area contributed by atoms with E-state index < -0.39 is 30.0 Å². The van der Waals surface area contributed by atoms with Gasteiger partial charge in [-0.3, -0.25) is 25.3 Å². The molecule has 2 atom stereocenters. The van der Waals surface area contributed by atoms with Gasteiger partial charge in [0.2, 0.25) is 5.91 Å². The number of hydrogen-bond acceptors (Lipinski definition) is 4. The van der Waals surface area contributed by atoms with Gasteiger partial charge in [-0.05, 0) is 5.41 Å². The number of hydrazine groups is 1. The lowest BCUT2D eigenvalue weighted by Crippen LogP contribution is -2.64. The number of carbonyl (C=O) groups is 3. The van der Waals surface area contributed by atoms with Gasteiger partial charge in [-0.2, -0.15) is 0 Å². The summed E-state index contributed by atoms with van der Waals surface area (Å²) in [6.45, 7) is 7.08. The molecule has 8 nitrogen and oxygen atoms in total. The van der Waals surface area contributed by atoms with Gasteiger partial charge in [0, 0.05) is 6.92 Å². The molecule has 2 unspecified atom stereocenters. The molecule has 1 fully saturated rings. The smallest absolute Gasteiger partial charge is 0.408 e. The van der Waals surface area contributed by atoms with Crippen molar-refractivity contribution in [2.24, 2.45) is 5.41 Å². The third kappa shape index (κ3) is 3.83. The number of amides is 3. The number of carboxylic acid groups (broad SMARTS) is 1. The van der Waals surface area contributed by atoms with E-state index in [4.69, 9.17) is 4.74 Å². The minimum atomic E-state index is -1.18. The summed E-state index contributed by atoms with van der Waals surface area (Å²) < 4.78 is 5.35. The molecule has 1 saturated heterocycles. The fourth-order valence-electron chi connectivity index (χ4n) is 2.04. The highest BCUT2D eigenvalue weighted by atomic mass is 16.5. The summed E-state index contributed by atoms with van der Waals surface area (Å²) in [7, 11) is 0. The summed E-state index contributed by atoms with van der Waals surface area (Å²) in [6.07, 6.45) is -1.18. The summed E-state index contributed by atoms with van der Waals surface area (Å²) in [5, 5.41) is 9.37. The molecule has 8 heteroatoms. The molecular weight excluding hydrogens is 266 g/mol. The number of morpholine rings is 1. The zero-order chi connectivity index (χ0) is 15.5. The zero-order valence-electron chi connectivity index (χ0n) is 12.1. The van der Waals surface area contributed by atoms with Crippen LogP contribution in [0.3, 0.4) is 0 Å². The Morgan fingerprint density at radius 1 is 1.20 bits per heavy atom. The minimum Gasteiger partial charge on any atom is -0.465 e. The van der Waals surface area contributed by atoms with E-state index >= 15 is 0 Å². The van der Waals surface area contributed by atoms with E-state index in [1.54, 1.807) is 0 Å². The van der Waals surface area contributed by atoms with Crippen LogP contribution in [0.5, 0.6) is 0 Å². The molecule has 0 aromatic carbocycles. The third-order valence-corrected chi connectivity index (χ3v) is 3.11. The van der Waals surface area contributed by atoms with E-state index in [2.05, 4.69) is 10.9 Å². The first-order chi connectivity index (χ1) is 9.14. The van der Waals surface area contributed by atoms with E-state index in [1.165, 1.54) is 6.92 Å². The normalized spacial score (nSPS) is 23.1. The molecule has 0 aromatic heterocycles. The number of nitrogens with one attached hydrogen (secondary N) is 2. The van der Waals surface area contributed by atoms with Crippen molar-refractivity contribution in [2.75, 3.05) is 13.2 Å². The van der Waals surface area contributed by atoms with Gasteiger partial charge in [-0.1, -0.05) is 20.8 Å². The van der Waals surface area contributed by atoms with Crippen molar-refractivity contribution in [1.29, 1.82) is 0 Å². The molecule has 1 aliphatic rings. The Labute approximate surface area is 117 Å². The molecule has 0 radical (unpaired) electrons. The number of rotatable bonds is 1. The quantitative estimate of drug-likeness (QED) is 0.586. The van der Waals surface area contributed by atoms with Crippen LogP contribution in [-0.4, -0.2) is 53.2 Å². The highest BCUT2D eigenvalue weighted by Gasteiger charge is 2.44. The highest BCUT2D eigenvalue weighted by Crippen LogP contribution is 2.29. The summed E-state index contributed by atoms with van der Waals surface area (Å²) in [4.78, 5) is 35.3. The molecule has 1 heterocycles. The number of ether oxygens (including phenoxy) is 1. The van der Waals surface area contributed by atoms with Crippen molar-refractivity contribution in [3.8, 4) is 0 Å². The molecule has 0 spiro atoms. The lowest BCUT2D eigenvalue weighted by atomic mass is 9.84. The largest absolute Gasteiger partial charge is 0.465 e. The van der Waals surface area contributed by atoms with Crippen LogP contribution in [0.25, 0.3) is 0 Å². The van der Waals surface area contributed by atoms with Gasteiger partial charge in [0.1, 0.15) is 6.04 Å². The Kier molecular flexibility index (Phi) is 4.93. The molecule has 0 aliphatic carbocycles.